The number of hydrogen-bond acceptors (Lipinski definition) is 5. The van der Waals surface area contributed by atoms with E-state index in [4.69, 9.17) is 13.3 Å². The van der Waals surface area contributed by atoms with Gasteiger partial charge in [-0.2, -0.15) is 0 Å². The van der Waals surface area contributed by atoms with Crippen molar-refractivity contribution < 1.29 is 13.3 Å². The molecule has 5 heteroatoms. The van der Waals surface area contributed by atoms with Gasteiger partial charge in [-0.15, -0.1) is 0 Å². The van der Waals surface area contributed by atoms with Gasteiger partial charge in [-0.3, -0.25) is 9.97 Å². The zero-order chi connectivity index (χ0) is 41.4. The molecule has 0 amide bonds. The Labute approximate surface area is 361 Å². The average Bonchev–Trinajstić information content (AvgIpc) is 4.04. The maximum absolute atomic E-state index is 6.35. The summed E-state index contributed by atoms with van der Waals surface area (Å²) in [5.74, 6) is 0. The van der Waals surface area contributed by atoms with E-state index >= 15 is 0 Å². The standard InChI is InChI=1S/C58H34N2O3/c1-7-35(36-8-2-10-38(28-36)40-12-4-14-42(30-40)45-19-23-53-49(33-45)57-55(62-53)15-5-25-59-57)27-37(9-1)39-11-3-13-41(29-39)43-17-21-51-47(31-43)48-32-44(18-22-52(48)61-51)46-20-24-54-50(34-46)58-56(63-54)16-6-26-60-58/h1-34H. The van der Waals surface area contributed by atoms with Crippen LogP contribution in [0.2, 0.25) is 0 Å². The fraction of sp³-hybridized carbons (Fsp3) is 0. The van der Waals surface area contributed by atoms with E-state index in [0.29, 0.717) is 0 Å². The van der Waals surface area contributed by atoms with Crippen molar-refractivity contribution in [2.75, 3.05) is 0 Å². The Morgan fingerprint density at radius 1 is 0.222 bits per heavy atom. The highest BCUT2D eigenvalue weighted by atomic mass is 16.3. The third kappa shape index (κ3) is 6.01. The minimum absolute atomic E-state index is 0.794. The molecule has 0 spiro atoms. The predicted octanol–water partition coefficient (Wildman–Crippen LogP) is 16.2. The number of pyridine rings is 2. The quantitative estimate of drug-likeness (QED) is 0.167. The second-order valence-corrected chi connectivity index (χ2v) is 16.2. The predicted molar refractivity (Wildman–Crippen MR) is 256 cm³/mol. The van der Waals surface area contributed by atoms with Crippen molar-refractivity contribution >= 4 is 66.1 Å². The monoisotopic (exact) mass is 806 g/mol. The highest BCUT2D eigenvalue weighted by Crippen LogP contribution is 2.39. The summed E-state index contributed by atoms with van der Waals surface area (Å²) in [5, 5.41) is 4.20. The molecule has 13 aromatic rings. The van der Waals surface area contributed by atoms with E-state index < -0.39 is 0 Å². The Hall–Kier alpha value is -8.54. The van der Waals surface area contributed by atoms with E-state index in [2.05, 4.69) is 168 Å². The summed E-state index contributed by atoms with van der Waals surface area (Å²) in [6.07, 6.45) is 3.62. The maximum Gasteiger partial charge on any atom is 0.153 e. The normalized spacial score (nSPS) is 11.8. The van der Waals surface area contributed by atoms with Crippen LogP contribution in [0, 0.1) is 0 Å². The molecule has 0 aliphatic heterocycles. The van der Waals surface area contributed by atoms with Crippen LogP contribution >= 0.6 is 0 Å². The van der Waals surface area contributed by atoms with E-state index in [9.17, 15) is 0 Å². The van der Waals surface area contributed by atoms with E-state index in [0.717, 1.165) is 122 Å². The first-order valence-corrected chi connectivity index (χ1v) is 21.1. The summed E-state index contributed by atoms with van der Waals surface area (Å²) >= 11 is 0. The second-order valence-electron chi connectivity index (χ2n) is 16.2. The zero-order valence-electron chi connectivity index (χ0n) is 33.7. The molecular weight excluding hydrogens is 773 g/mol. The molecule has 13 rings (SSSR count). The van der Waals surface area contributed by atoms with Gasteiger partial charge in [-0.25, -0.2) is 0 Å². The fourth-order valence-electron chi connectivity index (χ4n) is 9.20. The van der Waals surface area contributed by atoms with Gasteiger partial charge in [0.1, 0.15) is 33.4 Å². The number of nitrogens with zero attached hydrogens (tertiary/aromatic N) is 2. The topological polar surface area (TPSA) is 65.2 Å². The third-order valence-electron chi connectivity index (χ3n) is 12.4. The lowest BCUT2D eigenvalue weighted by molar-refractivity contribution is 0.668. The molecule has 0 N–H and O–H groups in total. The molecule has 0 fully saturated rings. The maximum atomic E-state index is 6.35. The first-order valence-electron chi connectivity index (χ1n) is 21.1. The fourth-order valence-corrected chi connectivity index (χ4v) is 9.20. The van der Waals surface area contributed by atoms with Crippen molar-refractivity contribution in [2.24, 2.45) is 0 Å². The molecule has 5 aromatic heterocycles. The lowest BCUT2D eigenvalue weighted by Gasteiger charge is -2.11. The molecule has 0 aliphatic carbocycles. The molecule has 5 nitrogen and oxygen atoms in total. The number of hydrogen-bond donors (Lipinski definition) is 0. The van der Waals surface area contributed by atoms with Crippen LogP contribution in [0.5, 0.6) is 0 Å². The number of benzene rings is 8. The molecule has 0 saturated carbocycles. The van der Waals surface area contributed by atoms with Gasteiger partial charge in [0.05, 0.1) is 0 Å². The number of rotatable bonds is 6. The van der Waals surface area contributed by atoms with Crippen molar-refractivity contribution in [3.05, 3.63) is 207 Å². The molecular formula is C58H34N2O3. The molecule has 0 unspecified atom stereocenters. The number of fused-ring (bicyclic) bond motifs is 9. The molecule has 0 atom stereocenters. The van der Waals surface area contributed by atoms with E-state index in [1.54, 1.807) is 0 Å². The summed E-state index contributed by atoms with van der Waals surface area (Å²) in [6.45, 7) is 0. The molecule has 5 heterocycles. The van der Waals surface area contributed by atoms with Crippen LogP contribution in [-0.2, 0) is 0 Å². The van der Waals surface area contributed by atoms with Gasteiger partial charge in [0.2, 0.25) is 0 Å². The van der Waals surface area contributed by atoms with Gasteiger partial charge in [0, 0.05) is 33.9 Å². The zero-order valence-corrected chi connectivity index (χ0v) is 33.7. The highest BCUT2D eigenvalue weighted by molar-refractivity contribution is 6.09. The van der Waals surface area contributed by atoms with Crippen molar-refractivity contribution in [1.82, 2.24) is 9.97 Å². The van der Waals surface area contributed by atoms with E-state index in [1.165, 1.54) is 11.1 Å². The number of aromatic nitrogens is 2. The van der Waals surface area contributed by atoms with E-state index in [-0.39, 0.29) is 0 Å². The molecule has 8 aromatic carbocycles. The number of furan rings is 3. The van der Waals surface area contributed by atoms with Crippen LogP contribution in [0.25, 0.3) is 133 Å². The SMILES string of the molecule is c1cc(-c2cccc(-c3cccc(-c4ccc5oc6cccnc6c5c4)c3)c2)cc(-c2cccc(-c3ccc4oc5ccc(-c6ccc7oc8cccnc8c7c6)cc5c4c3)c2)c1. The Balaban J connectivity index is 0.805. The van der Waals surface area contributed by atoms with Crippen LogP contribution in [0.15, 0.2) is 220 Å². The van der Waals surface area contributed by atoms with Gasteiger partial charge >= 0.3 is 0 Å². The van der Waals surface area contributed by atoms with Gasteiger partial charge in [0.25, 0.3) is 0 Å². The third-order valence-corrected chi connectivity index (χ3v) is 12.4. The second kappa shape index (κ2) is 14.0. The van der Waals surface area contributed by atoms with Crippen LogP contribution in [0.4, 0.5) is 0 Å². The van der Waals surface area contributed by atoms with Crippen molar-refractivity contribution in [2.45, 2.75) is 0 Å². The Morgan fingerprint density at radius 3 is 0.825 bits per heavy atom. The van der Waals surface area contributed by atoms with Gasteiger partial charge in [-0.05, 0) is 164 Å². The summed E-state index contributed by atoms with van der Waals surface area (Å²) in [4.78, 5) is 9.18. The molecule has 294 valence electrons. The van der Waals surface area contributed by atoms with Crippen molar-refractivity contribution in [3.8, 4) is 66.8 Å². The Bertz CT molecular complexity index is 3940. The van der Waals surface area contributed by atoms with Crippen LogP contribution in [0.3, 0.4) is 0 Å². The minimum atomic E-state index is 0.794. The largest absolute Gasteiger partial charge is 0.456 e. The Kier molecular flexibility index (Phi) is 7.84. The van der Waals surface area contributed by atoms with Gasteiger partial charge in [0.15, 0.2) is 11.2 Å². The molecule has 0 bridgehead atoms. The van der Waals surface area contributed by atoms with Crippen LogP contribution < -0.4 is 0 Å². The molecule has 0 aliphatic rings. The van der Waals surface area contributed by atoms with Crippen LogP contribution in [0.1, 0.15) is 0 Å². The van der Waals surface area contributed by atoms with Gasteiger partial charge < -0.3 is 13.3 Å². The van der Waals surface area contributed by atoms with Crippen molar-refractivity contribution in [1.29, 1.82) is 0 Å². The first-order chi connectivity index (χ1) is 31.1. The lowest BCUT2D eigenvalue weighted by atomic mass is 9.93. The van der Waals surface area contributed by atoms with Crippen molar-refractivity contribution in [3.63, 3.8) is 0 Å². The first kappa shape index (κ1) is 35.2. The lowest BCUT2D eigenvalue weighted by Crippen LogP contribution is -1.85. The summed E-state index contributed by atoms with van der Waals surface area (Å²) < 4.78 is 18.4. The molecule has 63 heavy (non-hydrogen) atoms. The molecule has 0 radical (unpaired) electrons. The summed E-state index contributed by atoms with van der Waals surface area (Å²) in [5.41, 5.74) is 20.5. The summed E-state index contributed by atoms with van der Waals surface area (Å²) in [6, 6.07) is 68.5. The Morgan fingerprint density at radius 2 is 0.492 bits per heavy atom. The highest BCUT2D eigenvalue weighted by Gasteiger charge is 2.15. The minimum Gasteiger partial charge on any atom is -0.456 e. The van der Waals surface area contributed by atoms with E-state index in [1.807, 2.05) is 48.8 Å². The van der Waals surface area contributed by atoms with Gasteiger partial charge in [-0.1, -0.05) is 97.1 Å². The average molecular weight is 807 g/mol. The summed E-state index contributed by atoms with van der Waals surface area (Å²) in [7, 11) is 0. The smallest absolute Gasteiger partial charge is 0.153 e. The molecule has 0 saturated heterocycles. The van der Waals surface area contributed by atoms with Crippen LogP contribution in [-0.4, -0.2) is 9.97 Å².